The van der Waals surface area contributed by atoms with Crippen molar-refractivity contribution in [1.29, 1.82) is 0 Å². The Bertz CT molecular complexity index is 1140. The summed E-state index contributed by atoms with van der Waals surface area (Å²) in [5, 5.41) is 10.4. The highest BCUT2D eigenvalue weighted by Gasteiger charge is 2.38. The zero-order chi connectivity index (χ0) is 27.9. The van der Waals surface area contributed by atoms with Crippen LogP contribution in [0.4, 0.5) is 0 Å². The third-order valence-electron chi connectivity index (χ3n) is 7.68. The number of aryl methyl sites for hydroxylation is 1. The van der Waals surface area contributed by atoms with Crippen molar-refractivity contribution in [3.63, 3.8) is 0 Å². The van der Waals surface area contributed by atoms with Gasteiger partial charge in [-0.3, -0.25) is 14.4 Å². The number of amides is 3. The van der Waals surface area contributed by atoms with Crippen LogP contribution in [-0.2, 0) is 32.2 Å². The second kappa shape index (κ2) is 13.4. The van der Waals surface area contributed by atoms with Crippen molar-refractivity contribution in [1.82, 2.24) is 25.4 Å². The molecule has 3 atom stereocenters. The predicted molar refractivity (Wildman–Crippen MR) is 152 cm³/mol. The van der Waals surface area contributed by atoms with Gasteiger partial charge in [0.15, 0.2) is 0 Å². The molecule has 0 radical (unpaired) electrons. The van der Waals surface area contributed by atoms with Gasteiger partial charge in [-0.1, -0.05) is 32.0 Å². The number of piperidine rings is 1. The van der Waals surface area contributed by atoms with E-state index in [1.807, 2.05) is 13.8 Å². The Hall–Kier alpha value is -2.91. The summed E-state index contributed by atoms with van der Waals surface area (Å²) in [5.41, 5.74) is 2.35. The number of nitrogens with one attached hydrogen (secondary N) is 3. The second-order valence-corrected chi connectivity index (χ2v) is 11.6. The van der Waals surface area contributed by atoms with Crippen molar-refractivity contribution in [2.45, 2.75) is 84.1 Å². The van der Waals surface area contributed by atoms with Crippen LogP contribution in [0.2, 0.25) is 0 Å². The maximum absolute atomic E-state index is 13.9. The molecule has 1 aromatic carbocycles. The number of rotatable bonds is 13. The van der Waals surface area contributed by atoms with E-state index in [2.05, 4.69) is 55.9 Å². The highest BCUT2D eigenvalue weighted by atomic mass is 16.5. The van der Waals surface area contributed by atoms with Crippen LogP contribution >= 0.6 is 0 Å². The van der Waals surface area contributed by atoms with Crippen molar-refractivity contribution >= 4 is 28.6 Å². The van der Waals surface area contributed by atoms with Gasteiger partial charge in [0.05, 0.1) is 5.92 Å². The third-order valence-corrected chi connectivity index (χ3v) is 7.68. The Labute approximate surface area is 232 Å². The summed E-state index contributed by atoms with van der Waals surface area (Å²) in [6.07, 6.45) is 6.36. The van der Waals surface area contributed by atoms with E-state index in [0.29, 0.717) is 39.1 Å². The first-order chi connectivity index (χ1) is 18.8. The molecule has 214 valence electrons. The molecule has 0 spiro atoms. The van der Waals surface area contributed by atoms with Crippen molar-refractivity contribution < 1.29 is 19.1 Å². The maximum Gasteiger partial charge on any atom is 0.242 e. The van der Waals surface area contributed by atoms with Crippen LogP contribution < -0.4 is 16.0 Å². The molecule has 0 unspecified atom stereocenters. The van der Waals surface area contributed by atoms with Crippen LogP contribution in [0.25, 0.3) is 10.9 Å². The molecule has 39 heavy (non-hydrogen) atoms. The fourth-order valence-corrected chi connectivity index (χ4v) is 5.69. The van der Waals surface area contributed by atoms with Gasteiger partial charge in [0.1, 0.15) is 6.04 Å². The fourth-order valence-electron chi connectivity index (χ4n) is 5.69. The molecule has 0 bridgehead atoms. The first kappa shape index (κ1) is 29.1. The van der Waals surface area contributed by atoms with Crippen LogP contribution in [0.1, 0.15) is 58.4 Å². The monoisotopic (exact) mass is 539 g/mol. The van der Waals surface area contributed by atoms with Gasteiger partial charge in [0.2, 0.25) is 17.7 Å². The number of para-hydroxylation sites is 1. The van der Waals surface area contributed by atoms with Gasteiger partial charge in [0, 0.05) is 76.0 Å². The number of carbonyl (C=O) groups is 3. The predicted octanol–water partition coefficient (Wildman–Crippen LogP) is 2.81. The minimum atomic E-state index is -0.567. The summed E-state index contributed by atoms with van der Waals surface area (Å²) < 4.78 is 7.52. The van der Waals surface area contributed by atoms with E-state index in [9.17, 15) is 14.4 Å². The second-order valence-electron chi connectivity index (χ2n) is 11.6. The highest BCUT2D eigenvalue weighted by molar-refractivity contribution is 5.87. The molecule has 1 aromatic heterocycles. The number of hydrogen-bond donors (Lipinski definition) is 3. The largest absolute Gasteiger partial charge is 0.385 e. The van der Waals surface area contributed by atoms with Gasteiger partial charge in [-0.05, 0) is 49.7 Å². The molecule has 1 saturated heterocycles. The first-order valence-electron chi connectivity index (χ1n) is 14.4. The topological polar surface area (TPSA) is 105 Å². The van der Waals surface area contributed by atoms with Gasteiger partial charge in [-0.15, -0.1) is 0 Å². The lowest BCUT2D eigenvalue weighted by Gasteiger charge is -2.34. The van der Waals surface area contributed by atoms with Gasteiger partial charge in [-0.25, -0.2) is 0 Å². The summed E-state index contributed by atoms with van der Waals surface area (Å²) in [5.74, 6) is -0.181. The Balaban J connectivity index is 1.44. The molecule has 3 N–H and O–H groups in total. The number of aromatic nitrogens is 1. The van der Waals surface area contributed by atoms with Crippen LogP contribution in [0, 0.1) is 11.8 Å². The molecule has 9 nitrogen and oxygen atoms in total. The number of fused-ring (bicyclic) bond motifs is 1. The lowest BCUT2D eigenvalue weighted by Crippen LogP contribution is -2.56. The summed E-state index contributed by atoms with van der Waals surface area (Å²) in [7, 11) is 1.72. The summed E-state index contributed by atoms with van der Waals surface area (Å²) in [6, 6.07) is 7.95. The minimum Gasteiger partial charge on any atom is -0.385 e. The standard InChI is InChI=1S/C30H45N5O4/c1-20(2)14-27(32-21(3)36)29(37)33-24-15-22(16-31-17-24)30(38)35(25-10-11-25)19-23-18-34(12-7-13-39-4)28-9-6-5-8-26(23)28/h5-6,8-9,18,20,22,24-25,27,31H,7,10-17,19H2,1-4H3,(H,32,36)(H,33,37)/t22-,24+,27-/m0/s1. The lowest BCUT2D eigenvalue weighted by atomic mass is 9.93. The van der Waals surface area contributed by atoms with E-state index in [0.717, 1.165) is 25.8 Å². The Morgan fingerprint density at radius 2 is 1.95 bits per heavy atom. The molecule has 1 aliphatic carbocycles. The van der Waals surface area contributed by atoms with Crippen molar-refractivity contribution in [2.75, 3.05) is 26.8 Å². The van der Waals surface area contributed by atoms with Crippen molar-refractivity contribution in [2.24, 2.45) is 11.8 Å². The lowest BCUT2D eigenvalue weighted by molar-refractivity contribution is -0.138. The van der Waals surface area contributed by atoms with E-state index in [1.165, 1.54) is 23.4 Å². The minimum absolute atomic E-state index is 0.153. The summed E-state index contributed by atoms with van der Waals surface area (Å²) in [4.78, 5) is 40.6. The normalized spacial score (nSPS) is 20.1. The fraction of sp³-hybridized carbons (Fsp3) is 0.633. The molecular weight excluding hydrogens is 494 g/mol. The summed E-state index contributed by atoms with van der Waals surface area (Å²) >= 11 is 0. The molecule has 1 saturated carbocycles. The number of methoxy groups -OCH3 is 1. The molecule has 3 amide bonds. The molecule has 2 fully saturated rings. The number of benzene rings is 1. The van der Waals surface area contributed by atoms with E-state index in [4.69, 9.17) is 4.74 Å². The zero-order valence-corrected chi connectivity index (χ0v) is 23.9. The quantitative estimate of drug-likeness (QED) is 0.340. The van der Waals surface area contributed by atoms with Crippen LogP contribution in [-0.4, -0.2) is 72.1 Å². The molecule has 2 heterocycles. The molecular formula is C30H45N5O4. The number of carbonyl (C=O) groups excluding carboxylic acids is 3. The number of ether oxygens (including phenoxy) is 1. The van der Waals surface area contributed by atoms with Crippen LogP contribution in [0.3, 0.4) is 0 Å². The SMILES string of the molecule is COCCCn1cc(CN(C(=O)[C@@H]2CNC[C@H](NC(=O)[C@H](CC(C)C)NC(C)=O)C2)C2CC2)c2ccccc21. The molecule has 1 aliphatic heterocycles. The molecule has 4 rings (SSSR count). The third kappa shape index (κ3) is 7.82. The average molecular weight is 540 g/mol. The van der Waals surface area contributed by atoms with Crippen LogP contribution in [0.5, 0.6) is 0 Å². The first-order valence-corrected chi connectivity index (χ1v) is 14.4. The van der Waals surface area contributed by atoms with Gasteiger partial charge < -0.3 is 30.2 Å². The zero-order valence-electron chi connectivity index (χ0n) is 23.9. The molecule has 2 aromatic rings. The van der Waals surface area contributed by atoms with E-state index < -0.39 is 6.04 Å². The van der Waals surface area contributed by atoms with Crippen molar-refractivity contribution in [3.8, 4) is 0 Å². The van der Waals surface area contributed by atoms with Gasteiger partial charge >= 0.3 is 0 Å². The van der Waals surface area contributed by atoms with E-state index in [-0.39, 0.29) is 41.6 Å². The average Bonchev–Trinajstić information content (AvgIpc) is 3.69. The van der Waals surface area contributed by atoms with Crippen LogP contribution in [0.15, 0.2) is 30.5 Å². The highest BCUT2D eigenvalue weighted by Crippen LogP contribution is 2.33. The van der Waals surface area contributed by atoms with Crippen molar-refractivity contribution in [3.05, 3.63) is 36.0 Å². The smallest absolute Gasteiger partial charge is 0.242 e. The van der Waals surface area contributed by atoms with Gasteiger partial charge in [0.25, 0.3) is 0 Å². The summed E-state index contributed by atoms with van der Waals surface area (Å²) in [6.45, 7) is 8.89. The van der Waals surface area contributed by atoms with E-state index in [1.54, 1.807) is 7.11 Å². The number of nitrogens with zero attached hydrogens (tertiary/aromatic N) is 2. The number of hydrogen-bond acceptors (Lipinski definition) is 5. The Morgan fingerprint density at radius 1 is 1.18 bits per heavy atom. The Kier molecular flexibility index (Phi) is 10.0. The Morgan fingerprint density at radius 3 is 2.64 bits per heavy atom. The molecule has 2 aliphatic rings. The maximum atomic E-state index is 13.9. The molecule has 9 heteroatoms. The van der Waals surface area contributed by atoms with E-state index >= 15 is 0 Å². The van der Waals surface area contributed by atoms with Gasteiger partial charge in [-0.2, -0.15) is 0 Å².